The number of ether oxygens (including phenoxy) is 2. The summed E-state index contributed by atoms with van der Waals surface area (Å²) in [6.45, 7) is 1.88. The summed E-state index contributed by atoms with van der Waals surface area (Å²) in [7, 11) is 0. The molecule has 94 valence electrons. The molecule has 1 aliphatic rings. The number of nitrogens with zero attached hydrogens (tertiary/aromatic N) is 1. The van der Waals surface area contributed by atoms with E-state index in [1.165, 1.54) is 5.69 Å². The van der Waals surface area contributed by atoms with Crippen molar-refractivity contribution in [2.75, 3.05) is 19.8 Å². The highest BCUT2D eigenvalue weighted by Gasteiger charge is 2.13. The summed E-state index contributed by atoms with van der Waals surface area (Å²) in [4.78, 5) is 0. The fourth-order valence-electron chi connectivity index (χ4n) is 2.20. The fraction of sp³-hybridized carbons (Fsp3) is 0.286. The van der Waals surface area contributed by atoms with Crippen LogP contribution in [-0.4, -0.2) is 24.3 Å². The molecule has 1 aromatic heterocycles. The molecule has 0 atom stereocenters. The Balaban J connectivity index is 1.98. The summed E-state index contributed by atoms with van der Waals surface area (Å²) in [5.41, 5.74) is 7.90. The lowest BCUT2D eigenvalue weighted by Crippen LogP contribution is -2.15. The van der Waals surface area contributed by atoms with Crippen molar-refractivity contribution in [3.63, 3.8) is 0 Å². The summed E-state index contributed by atoms with van der Waals surface area (Å²) in [6, 6.07) is 10.1. The second kappa shape index (κ2) is 4.74. The van der Waals surface area contributed by atoms with E-state index in [-0.39, 0.29) is 0 Å². The molecule has 0 aliphatic carbocycles. The normalized spacial score (nSPS) is 13.6. The van der Waals surface area contributed by atoms with Crippen molar-refractivity contribution in [3.8, 4) is 17.2 Å². The van der Waals surface area contributed by atoms with E-state index in [9.17, 15) is 0 Å². The number of fused-ring (bicyclic) bond motifs is 1. The van der Waals surface area contributed by atoms with Gasteiger partial charge in [-0.05, 0) is 30.8 Å². The van der Waals surface area contributed by atoms with Crippen LogP contribution < -0.4 is 15.2 Å². The minimum Gasteiger partial charge on any atom is -0.486 e. The van der Waals surface area contributed by atoms with Gasteiger partial charge in [0.2, 0.25) is 0 Å². The van der Waals surface area contributed by atoms with Crippen LogP contribution in [0.1, 0.15) is 5.69 Å². The summed E-state index contributed by atoms with van der Waals surface area (Å²) >= 11 is 0. The van der Waals surface area contributed by atoms with E-state index in [0.717, 1.165) is 23.6 Å². The molecule has 4 heteroatoms. The van der Waals surface area contributed by atoms with Gasteiger partial charge in [-0.2, -0.15) is 0 Å². The molecule has 0 radical (unpaired) electrons. The first-order valence-electron chi connectivity index (χ1n) is 6.15. The van der Waals surface area contributed by atoms with Crippen molar-refractivity contribution in [2.45, 2.75) is 6.42 Å². The molecule has 0 unspecified atom stereocenters. The lowest BCUT2D eigenvalue weighted by molar-refractivity contribution is 0.171. The Morgan fingerprint density at radius 3 is 2.78 bits per heavy atom. The van der Waals surface area contributed by atoms with E-state index >= 15 is 0 Å². The van der Waals surface area contributed by atoms with Crippen LogP contribution in [0.15, 0.2) is 36.5 Å². The van der Waals surface area contributed by atoms with Crippen molar-refractivity contribution in [3.05, 3.63) is 42.2 Å². The second-order valence-corrected chi connectivity index (χ2v) is 4.24. The van der Waals surface area contributed by atoms with Gasteiger partial charge in [-0.3, -0.25) is 0 Å². The maximum absolute atomic E-state index is 5.62. The number of nitrogens with two attached hydrogens (primary N) is 1. The standard InChI is InChI=1S/C14H16N2O2/c15-6-5-11-2-1-7-16(11)12-3-4-13-14(10-12)18-9-8-17-13/h1-4,7,10H,5-6,8-9,15H2. The molecule has 18 heavy (non-hydrogen) atoms. The molecule has 0 spiro atoms. The molecule has 1 aromatic carbocycles. The highest BCUT2D eigenvalue weighted by Crippen LogP contribution is 2.32. The van der Waals surface area contributed by atoms with Crippen molar-refractivity contribution in [1.29, 1.82) is 0 Å². The molecule has 0 saturated heterocycles. The third-order valence-electron chi connectivity index (χ3n) is 3.04. The summed E-state index contributed by atoms with van der Waals surface area (Å²) in [5, 5.41) is 0. The predicted octanol–water partition coefficient (Wildman–Crippen LogP) is 1.75. The Morgan fingerprint density at radius 1 is 1.11 bits per heavy atom. The Hall–Kier alpha value is -1.94. The van der Waals surface area contributed by atoms with Gasteiger partial charge < -0.3 is 19.8 Å². The minimum atomic E-state index is 0.609. The van der Waals surface area contributed by atoms with Gasteiger partial charge in [0.15, 0.2) is 11.5 Å². The van der Waals surface area contributed by atoms with Crippen molar-refractivity contribution >= 4 is 0 Å². The minimum absolute atomic E-state index is 0.609. The Labute approximate surface area is 106 Å². The van der Waals surface area contributed by atoms with Crippen LogP contribution in [0, 0.1) is 0 Å². The first-order valence-corrected chi connectivity index (χ1v) is 6.15. The summed E-state index contributed by atoms with van der Waals surface area (Å²) in [5.74, 6) is 1.63. The second-order valence-electron chi connectivity index (χ2n) is 4.24. The molecule has 0 fully saturated rings. The molecule has 2 heterocycles. The van der Waals surface area contributed by atoms with Crippen molar-refractivity contribution in [1.82, 2.24) is 4.57 Å². The topological polar surface area (TPSA) is 49.4 Å². The van der Waals surface area contributed by atoms with Crippen LogP contribution in [-0.2, 0) is 6.42 Å². The van der Waals surface area contributed by atoms with Crippen LogP contribution in [0.25, 0.3) is 5.69 Å². The number of hydrogen-bond donors (Lipinski definition) is 1. The molecule has 0 saturated carbocycles. The highest BCUT2D eigenvalue weighted by atomic mass is 16.6. The van der Waals surface area contributed by atoms with E-state index in [1.54, 1.807) is 0 Å². The van der Waals surface area contributed by atoms with E-state index in [2.05, 4.69) is 10.6 Å². The number of aromatic nitrogens is 1. The average Bonchev–Trinajstić information content (AvgIpc) is 2.87. The lowest BCUT2D eigenvalue weighted by atomic mass is 10.2. The Kier molecular flexibility index (Phi) is 2.94. The van der Waals surface area contributed by atoms with Gasteiger partial charge in [0.25, 0.3) is 0 Å². The molecule has 1 aliphatic heterocycles. The molecular weight excluding hydrogens is 228 g/mol. The third-order valence-corrected chi connectivity index (χ3v) is 3.04. The zero-order valence-electron chi connectivity index (χ0n) is 10.1. The molecular formula is C14H16N2O2. The first-order chi connectivity index (χ1) is 8.88. The fourth-order valence-corrected chi connectivity index (χ4v) is 2.20. The molecule has 3 rings (SSSR count). The average molecular weight is 244 g/mol. The van der Waals surface area contributed by atoms with Gasteiger partial charge in [0, 0.05) is 30.1 Å². The van der Waals surface area contributed by atoms with Crippen molar-refractivity contribution < 1.29 is 9.47 Å². The molecule has 0 amide bonds. The van der Waals surface area contributed by atoms with Crippen LogP contribution in [0.5, 0.6) is 11.5 Å². The number of benzene rings is 1. The van der Waals surface area contributed by atoms with Gasteiger partial charge in [-0.15, -0.1) is 0 Å². The van der Waals surface area contributed by atoms with Crippen molar-refractivity contribution in [2.24, 2.45) is 5.73 Å². The lowest BCUT2D eigenvalue weighted by Gasteiger charge is -2.19. The smallest absolute Gasteiger partial charge is 0.163 e. The van der Waals surface area contributed by atoms with Gasteiger partial charge in [0.05, 0.1) is 0 Å². The van der Waals surface area contributed by atoms with Crippen LogP contribution in [0.3, 0.4) is 0 Å². The SMILES string of the molecule is NCCc1cccn1-c1ccc2c(c1)OCCO2. The van der Waals surface area contributed by atoms with Crippen LogP contribution in [0.2, 0.25) is 0 Å². The quantitative estimate of drug-likeness (QED) is 0.894. The number of rotatable bonds is 3. The van der Waals surface area contributed by atoms with E-state index < -0.39 is 0 Å². The van der Waals surface area contributed by atoms with Gasteiger partial charge in [-0.25, -0.2) is 0 Å². The van der Waals surface area contributed by atoms with Gasteiger partial charge in [-0.1, -0.05) is 0 Å². The van der Waals surface area contributed by atoms with E-state index in [1.807, 2.05) is 30.5 Å². The van der Waals surface area contributed by atoms with Crippen LogP contribution >= 0.6 is 0 Å². The predicted molar refractivity (Wildman–Crippen MR) is 69.5 cm³/mol. The van der Waals surface area contributed by atoms with Gasteiger partial charge >= 0.3 is 0 Å². The monoisotopic (exact) mass is 244 g/mol. The van der Waals surface area contributed by atoms with E-state index in [0.29, 0.717) is 19.8 Å². The maximum atomic E-state index is 5.62. The largest absolute Gasteiger partial charge is 0.486 e. The third kappa shape index (κ3) is 1.95. The molecule has 0 bridgehead atoms. The Bertz CT molecular complexity index is 548. The first kappa shape index (κ1) is 11.2. The number of hydrogen-bond acceptors (Lipinski definition) is 3. The summed E-state index contributed by atoms with van der Waals surface area (Å²) in [6.07, 6.45) is 2.90. The Morgan fingerprint density at radius 2 is 1.94 bits per heavy atom. The van der Waals surface area contributed by atoms with Crippen LogP contribution in [0.4, 0.5) is 0 Å². The highest BCUT2D eigenvalue weighted by molar-refractivity contribution is 5.50. The molecule has 2 aromatic rings. The maximum Gasteiger partial charge on any atom is 0.163 e. The molecule has 4 nitrogen and oxygen atoms in total. The van der Waals surface area contributed by atoms with Gasteiger partial charge in [0.1, 0.15) is 13.2 Å². The van der Waals surface area contributed by atoms with E-state index in [4.69, 9.17) is 15.2 Å². The zero-order chi connectivity index (χ0) is 12.4. The zero-order valence-corrected chi connectivity index (χ0v) is 10.1. The summed E-state index contributed by atoms with van der Waals surface area (Å²) < 4.78 is 13.2. The molecule has 2 N–H and O–H groups in total.